The first-order valence-electron chi connectivity index (χ1n) is 4.80. The van der Waals surface area contributed by atoms with Crippen LogP contribution in [0.1, 0.15) is 13.3 Å². The Morgan fingerprint density at radius 3 is 3.00 bits per heavy atom. The number of rotatable bonds is 5. The average Bonchev–Trinajstić information content (AvgIpc) is 2.19. The highest BCUT2D eigenvalue weighted by atomic mass is 79.9. The number of pyridine rings is 1. The minimum Gasteiger partial charge on any atom is -0.397 e. The maximum atomic E-state index is 5.61. The summed E-state index contributed by atoms with van der Waals surface area (Å²) >= 11 is 5.29. The van der Waals surface area contributed by atoms with Crippen molar-refractivity contribution in [2.45, 2.75) is 19.4 Å². The molecule has 0 amide bonds. The lowest BCUT2D eigenvalue weighted by molar-refractivity contribution is 0.766. The van der Waals surface area contributed by atoms with E-state index in [9.17, 15) is 0 Å². The third kappa shape index (κ3) is 4.30. The van der Waals surface area contributed by atoms with Crippen LogP contribution < -0.4 is 11.1 Å². The van der Waals surface area contributed by atoms with Gasteiger partial charge in [-0.2, -0.15) is 11.8 Å². The molecule has 1 atom stereocenters. The van der Waals surface area contributed by atoms with Crippen LogP contribution in [0.5, 0.6) is 0 Å². The first-order chi connectivity index (χ1) is 7.13. The predicted molar refractivity (Wildman–Crippen MR) is 72.4 cm³/mol. The van der Waals surface area contributed by atoms with Crippen molar-refractivity contribution < 1.29 is 0 Å². The number of nitrogen functional groups attached to an aromatic ring is 1. The van der Waals surface area contributed by atoms with Gasteiger partial charge in [0.15, 0.2) is 0 Å². The predicted octanol–water partition coefficient (Wildman–Crippen LogP) is 2.98. The molecule has 0 aliphatic carbocycles. The fraction of sp³-hybridized carbons (Fsp3) is 0.500. The second-order valence-corrected chi connectivity index (χ2v) is 5.27. The van der Waals surface area contributed by atoms with E-state index in [-0.39, 0.29) is 0 Å². The van der Waals surface area contributed by atoms with Gasteiger partial charge in [-0.3, -0.25) is 0 Å². The molecule has 0 bridgehead atoms. The van der Waals surface area contributed by atoms with E-state index in [1.54, 1.807) is 6.20 Å². The number of nitrogens with one attached hydrogen (secondary N) is 1. The van der Waals surface area contributed by atoms with E-state index in [0.29, 0.717) is 11.7 Å². The molecule has 1 rings (SSSR count). The fourth-order valence-corrected chi connectivity index (χ4v) is 2.23. The highest BCUT2D eigenvalue weighted by Crippen LogP contribution is 2.22. The quantitative estimate of drug-likeness (QED) is 0.875. The van der Waals surface area contributed by atoms with Crippen molar-refractivity contribution in [3.05, 3.63) is 16.7 Å². The zero-order chi connectivity index (χ0) is 11.3. The molecule has 0 saturated heterocycles. The van der Waals surface area contributed by atoms with Gasteiger partial charge in [0, 0.05) is 6.04 Å². The Morgan fingerprint density at radius 1 is 1.67 bits per heavy atom. The van der Waals surface area contributed by atoms with Crippen LogP contribution in [0, 0.1) is 0 Å². The molecule has 0 fully saturated rings. The van der Waals surface area contributed by atoms with E-state index in [0.717, 1.165) is 22.5 Å². The molecule has 0 aliphatic heterocycles. The summed E-state index contributed by atoms with van der Waals surface area (Å²) in [5, 5.41) is 3.35. The molecule has 1 unspecified atom stereocenters. The summed E-state index contributed by atoms with van der Waals surface area (Å²) in [4.78, 5) is 4.24. The van der Waals surface area contributed by atoms with Crippen molar-refractivity contribution in [1.82, 2.24) is 4.98 Å². The summed E-state index contributed by atoms with van der Waals surface area (Å²) in [6.45, 7) is 2.15. The lowest BCUT2D eigenvalue weighted by Crippen LogP contribution is -2.17. The molecule has 3 nitrogen and oxygen atoms in total. The van der Waals surface area contributed by atoms with Gasteiger partial charge in [0.1, 0.15) is 5.82 Å². The largest absolute Gasteiger partial charge is 0.397 e. The molecule has 0 aromatic carbocycles. The number of anilines is 2. The van der Waals surface area contributed by atoms with Gasteiger partial charge in [-0.1, -0.05) is 0 Å². The number of halogens is 1. The fourth-order valence-electron chi connectivity index (χ4n) is 1.16. The van der Waals surface area contributed by atoms with E-state index in [4.69, 9.17) is 5.73 Å². The van der Waals surface area contributed by atoms with Crippen LogP contribution in [0.4, 0.5) is 11.5 Å². The maximum Gasteiger partial charge on any atom is 0.140 e. The molecule has 15 heavy (non-hydrogen) atoms. The summed E-state index contributed by atoms with van der Waals surface area (Å²) in [5.74, 6) is 2.01. The summed E-state index contributed by atoms with van der Waals surface area (Å²) in [6.07, 6.45) is 4.90. The van der Waals surface area contributed by atoms with Crippen molar-refractivity contribution in [3.8, 4) is 0 Å². The van der Waals surface area contributed by atoms with Crippen LogP contribution in [0.3, 0.4) is 0 Å². The first-order valence-corrected chi connectivity index (χ1v) is 6.98. The molecule has 0 radical (unpaired) electrons. The molecule has 0 saturated carbocycles. The van der Waals surface area contributed by atoms with Crippen LogP contribution in [0.2, 0.25) is 0 Å². The Hall–Kier alpha value is -0.420. The Morgan fingerprint density at radius 2 is 2.40 bits per heavy atom. The molecule has 3 N–H and O–H groups in total. The zero-order valence-electron chi connectivity index (χ0n) is 8.96. The number of thioether (sulfide) groups is 1. The molecule has 1 heterocycles. The van der Waals surface area contributed by atoms with Crippen LogP contribution in [0.15, 0.2) is 16.7 Å². The number of nitrogens with two attached hydrogens (primary N) is 1. The van der Waals surface area contributed by atoms with Gasteiger partial charge in [0.2, 0.25) is 0 Å². The number of hydrogen-bond donors (Lipinski definition) is 2. The topological polar surface area (TPSA) is 50.9 Å². The van der Waals surface area contributed by atoms with Crippen molar-refractivity contribution in [2.24, 2.45) is 0 Å². The SMILES string of the molecule is CSCCC(C)Nc1ncc(N)cc1Br. The Balaban J connectivity index is 2.56. The molecule has 0 spiro atoms. The van der Waals surface area contributed by atoms with Crippen LogP contribution >= 0.6 is 27.7 Å². The van der Waals surface area contributed by atoms with Gasteiger partial charge in [-0.15, -0.1) is 0 Å². The summed E-state index contributed by atoms with van der Waals surface area (Å²) in [5.41, 5.74) is 6.29. The molecule has 0 aliphatic rings. The van der Waals surface area contributed by atoms with E-state index >= 15 is 0 Å². The third-order valence-corrected chi connectivity index (χ3v) is 3.25. The smallest absolute Gasteiger partial charge is 0.140 e. The average molecular weight is 290 g/mol. The van der Waals surface area contributed by atoms with Gasteiger partial charge in [-0.05, 0) is 47.3 Å². The van der Waals surface area contributed by atoms with Crippen molar-refractivity contribution >= 4 is 39.2 Å². The maximum absolute atomic E-state index is 5.61. The van der Waals surface area contributed by atoms with Crippen LogP contribution in [-0.2, 0) is 0 Å². The molecule has 5 heteroatoms. The number of aromatic nitrogens is 1. The summed E-state index contributed by atoms with van der Waals surface area (Å²) in [7, 11) is 0. The van der Waals surface area contributed by atoms with Gasteiger partial charge in [-0.25, -0.2) is 4.98 Å². The highest BCUT2D eigenvalue weighted by Gasteiger charge is 2.06. The van der Waals surface area contributed by atoms with Gasteiger partial charge in [0.05, 0.1) is 16.4 Å². The number of nitrogens with zero attached hydrogens (tertiary/aromatic N) is 1. The standard InChI is InChI=1S/C10H16BrN3S/c1-7(3-4-15-2)14-10-9(11)5-8(12)6-13-10/h5-7H,3-4,12H2,1-2H3,(H,13,14). The second kappa shape index (κ2) is 6.23. The summed E-state index contributed by atoms with van der Waals surface area (Å²) < 4.78 is 0.915. The Labute approximate surface area is 103 Å². The first kappa shape index (κ1) is 12.6. The Kier molecular flexibility index (Phi) is 5.25. The molecule has 1 aromatic heterocycles. The van der Waals surface area contributed by atoms with Gasteiger partial charge < -0.3 is 11.1 Å². The van der Waals surface area contributed by atoms with Gasteiger partial charge in [0.25, 0.3) is 0 Å². The van der Waals surface area contributed by atoms with Crippen molar-refractivity contribution in [2.75, 3.05) is 23.1 Å². The highest BCUT2D eigenvalue weighted by molar-refractivity contribution is 9.10. The van der Waals surface area contributed by atoms with Gasteiger partial charge >= 0.3 is 0 Å². The molecular formula is C10H16BrN3S. The summed E-state index contributed by atoms with van der Waals surface area (Å²) in [6, 6.07) is 2.28. The Bertz CT molecular complexity index is 320. The lowest BCUT2D eigenvalue weighted by atomic mass is 10.2. The normalized spacial score (nSPS) is 12.5. The van der Waals surface area contributed by atoms with E-state index < -0.39 is 0 Å². The minimum absolute atomic E-state index is 0.421. The van der Waals surface area contributed by atoms with Crippen LogP contribution in [0.25, 0.3) is 0 Å². The number of hydrogen-bond acceptors (Lipinski definition) is 4. The molecule has 84 valence electrons. The van der Waals surface area contributed by atoms with Crippen LogP contribution in [-0.4, -0.2) is 23.0 Å². The second-order valence-electron chi connectivity index (χ2n) is 3.43. The van der Waals surface area contributed by atoms with E-state index in [1.807, 2.05) is 17.8 Å². The van der Waals surface area contributed by atoms with Crippen molar-refractivity contribution in [1.29, 1.82) is 0 Å². The third-order valence-electron chi connectivity index (χ3n) is 2.00. The van der Waals surface area contributed by atoms with E-state index in [2.05, 4.69) is 39.4 Å². The zero-order valence-corrected chi connectivity index (χ0v) is 11.4. The molecular weight excluding hydrogens is 274 g/mol. The monoisotopic (exact) mass is 289 g/mol. The lowest BCUT2D eigenvalue weighted by Gasteiger charge is -2.15. The minimum atomic E-state index is 0.421. The van der Waals surface area contributed by atoms with E-state index in [1.165, 1.54) is 0 Å². The van der Waals surface area contributed by atoms with Crippen molar-refractivity contribution in [3.63, 3.8) is 0 Å². The molecule has 1 aromatic rings.